The molecule has 0 fully saturated rings. The minimum Gasteiger partial charge on any atom is -1.00 e. The van der Waals surface area contributed by atoms with Gasteiger partial charge in [0.05, 0.1) is 0 Å². The average Bonchev–Trinajstić information content (AvgIpc) is 0. The molecule has 0 radical (unpaired) electrons. The van der Waals surface area contributed by atoms with Crippen LogP contribution in [0.1, 0.15) is 0 Å². The first-order chi connectivity index (χ1) is 0. The van der Waals surface area contributed by atoms with Crippen LogP contribution in [0, 0.1) is 0 Å². The molecule has 0 saturated heterocycles. The molecular formula is H16Cl3N5Pd. The van der Waals surface area contributed by atoms with Gasteiger partial charge in [-0.05, 0) is 0 Å². The molecule has 0 aliphatic rings. The summed E-state index contributed by atoms with van der Waals surface area (Å²) in [7, 11) is 0. The van der Waals surface area contributed by atoms with Crippen LogP contribution in [0.3, 0.4) is 0 Å². The Hall–Kier alpha value is 1.33. The SMILES string of the molecule is N.N.N.N.[Cl-].[Cl-].[Cl-].[NH4+].[Pd+2]. The smallest absolute Gasteiger partial charge is 1.00 e. The van der Waals surface area contributed by atoms with Crippen LogP contribution in [0.5, 0.6) is 0 Å². The fraction of sp³-hybridized carbons (Fsp3) is 0. The summed E-state index contributed by atoms with van der Waals surface area (Å²) in [6, 6.07) is 0. The molecule has 0 aliphatic carbocycles. The zero-order valence-corrected chi connectivity index (χ0v) is 9.10. The monoisotopic (exact) mass is 297 g/mol. The van der Waals surface area contributed by atoms with Crippen molar-refractivity contribution in [3.05, 3.63) is 0 Å². The molecule has 0 atom stereocenters. The Morgan fingerprint density at radius 2 is 0.444 bits per heavy atom. The predicted octanol–water partition coefficient (Wildman–Crippen LogP) is -7.97. The maximum atomic E-state index is 0. The average molecular weight is 299 g/mol. The molecule has 0 amide bonds. The van der Waals surface area contributed by atoms with E-state index in [1.165, 1.54) is 0 Å². The van der Waals surface area contributed by atoms with Gasteiger partial charge < -0.3 is 68.0 Å². The molecule has 5 nitrogen and oxygen atoms in total. The van der Waals surface area contributed by atoms with Gasteiger partial charge >= 0.3 is 20.4 Å². The van der Waals surface area contributed by atoms with Crippen molar-refractivity contribution in [2.45, 2.75) is 0 Å². The number of rotatable bonds is 0. The Morgan fingerprint density at radius 1 is 0.444 bits per heavy atom. The first kappa shape index (κ1) is 507. The van der Waals surface area contributed by atoms with Gasteiger partial charge in [-0.15, -0.1) is 0 Å². The third-order valence-corrected chi connectivity index (χ3v) is 0. The summed E-state index contributed by atoms with van der Waals surface area (Å²) in [5.74, 6) is 0. The summed E-state index contributed by atoms with van der Waals surface area (Å²) < 4.78 is 0. The molecule has 0 saturated carbocycles. The third kappa shape index (κ3) is 283. The van der Waals surface area contributed by atoms with Crippen molar-refractivity contribution < 1.29 is 57.6 Å². The van der Waals surface area contributed by atoms with Crippen molar-refractivity contribution in [3.63, 3.8) is 0 Å². The predicted molar refractivity (Wildman–Crippen MR) is 26.1 cm³/mol. The first-order valence-corrected chi connectivity index (χ1v) is 0. The molecular weight excluding hydrogens is 283 g/mol. The molecule has 0 heterocycles. The van der Waals surface area contributed by atoms with Gasteiger partial charge in [0.15, 0.2) is 0 Å². The Bertz CT molecular complexity index is 12.2. The van der Waals surface area contributed by atoms with E-state index in [9.17, 15) is 0 Å². The van der Waals surface area contributed by atoms with Crippen molar-refractivity contribution >= 4 is 0 Å². The van der Waals surface area contributed by atoms with Gasteiger partial charge in [0, 0.05) is 0 Å². The van der Waals surface area contributed by atoms with E-state index < -0.39 is 0 Å². The van der Waals surface area contributed by atoms with Crippen LogP contribution in [-0.2, 0) is 20.4 Å². The second kappa shape index (κ2) is 365. The van der Waals surface area contributed by atoms with Crippen molar-refractivity contribution in [1.29, 1.82) is 0 Å². The fourth-order valence-electron chi connectivity index (χ4n) is 0. The van der Waals surface area contributed by atoms with E-state index in [4.69, 9.17) is 0 Å². The largest absolute Gasteiger partial charge is 2.00 e. The van der Waals surface area contributed by atoms with E-state index in [1.54, 1.807) is 0 Å². The van der Waals surface area contributed by atoms with Crippen LogP contribution in [0.2, 0.25) is 0 Å². The van der Waals surface area contributed by atoms with Crippen molar-refractivity contribution in [3.8, 4) is 0 Å². The molecule has 0 bridgehead atoms. The number of hydrogen-bond donors (Lipinski definition) is 5. The van der Waals surface area contributed by atoms with E-state index in [2.05, 4.69) is 0 Å². The quantitative estimate of drug-likeness (QED) is 0.279. The molecule has 9 heavy (non-hydrogen) atoms. The van der Waals surface area contributed by atoms with Gasteiger partial charge in [-0.25, -0.2) is 0 Å². The van der Waals surface area contributed by atoms with Crippen LogP contribution in [0.25, 0.3) is 0 Å². The van der Waals surface area contributed by atoms with Crippen molar-refractivity contribution in [1.82, 2.24) is 30.8 Å². The van der Waals surface area contributed by atoms with Crippen LogP contribution < -0.4 is 68.0 Å². The maximum Gasteiger partial charge on any atom is 2.00 e. The van der Waals surface area contributed by atoms with E-state index in [0.29, 0.717) is 0 Å². The normalized spacial score (nSPS) is 0. The molecule has 0 aliphatic heterocycles. The van der Waals surface area contributed by atoms with Gasteiger partial charge in [0.1, 0.15) is 0 Å². The van der Waals surface area contributed by atoms with Crippen LogP contribution in [-0.4, -0.2) is 0 Å². The van der Waals surface area contributed by atoms with Crippen LogP contribution >= 0.6 is 0 Å². The summed E-state index contributed by atoms with van der Waals surface area (Å²) in [4.78, 5) is 0. The van der Waals surface area contributed by atoms with Gasteiger partial charge in [-0.1, -0.05) is 0 Å². The van der Waals surface area contributed by atoms with Crippen molar-refractivity contribution in [2.24, 2.45) is 0 Å². The van der Waals surface area contributed by atoms with E-state index in [0.717, 1.165) is 0 Å². The summed E-state index contributed by atoms with van der Waals surface area (Å²) in [5, 5.41) is 0. The van der Waals surface area contributed by atoms with E-state index >= 15 is 0 Å². The van der Waals surface area contributed by atoms with E-state index in [1.807, 2.05) is 0 Å². The second-order valence-electron chi connectivity index (χ2n) is 0. The summed E-state index contributed by atoms with van der Waals surface area (Å²) in [6.07, 6.45) is 0. The standard InChI is InChI=1S/3ClH.5H3N.Pd/h3*1H;5*1H3;/q;;;;;;;;+2/p-2. The van der Waals surface area contributed by atoms with Crippen LogP contribution in [0.4, 0.5) is 0 Å². The number of quaternary nitrogens is 1. The number of hydrogen-bond acceptors (Lipinski definition) is 4. The third-order valence-electron chi connectivity index (χ3n) is 0. The minimum atomic E-state index is 0. The fourth-order valence-corrected chi connectivity index (χ4v) is 0. The Balaban J connectivity index is 0. The van der Waals surface area contributed by atoms with Crippen LogP contribution in [0.15, 0.2) is 0 Å². The molecule has 16 N–H and O–H groups in total. The van der Waals surface area contributed by atoms with Gasteiger partial charge in [-0.3, -0.25) is 0 Å². The van der Waals surface area contributed by atoms with Gasteiger partial charge in [-0.2, -0.15) is 0 Å². The van der Waals surface area contributed by atoms with E-state index in [-0.39, 0.29) is 88.4 Å². The molecule has 0 unspecified atom stereocenters. The molecule has 72 valence electrons. The zero-order chi connectivity index (χ0) is 0. The topological polar surface area (TPSA) is 176 Å². The minimum absolute atomic E-state index is 0. The molecule has 0 aromatic carbocycles. The molecule has 0 aromatic heterocycles. The van der Waals surface area contributed by atoms with Gasteiger partial charge in [0.25, 0.3) is 0 Å². The Kier molecular flexibility index (Phi) is 20600. The summed E-state index contributed by atoms with van der Waals surface area (Å²) in [5.41, 5.74) is 0. The maximum absolute atomic E-state index is 0. The summed E-state index contributed by atoms with van der Waals surface area (Å²) >= 11 is 0. The zero-order valence-electron chi connectivity index (χ0n) is 5.28. The molecule has 0 spiro atoms. The molecule has 0 rings (SSSR count). The van der Waals surface area contributed by atoms with Crippen molar-refractivity contribution in [2.75, 3.05) is 0 Å². The van der Waals surface area contributed by atoms with Gasteiger partial charge in [0.2, 0.25) is 0 Å². The molecule has 9 heteroatoms. The Labute approximate surface area is 88.3 Å². The first-order valence-electron chi connectivity index (χ1n) is 0. The summed E-state index contributed by atoms with van der Waals surface area (Å²) in [6.45, 7) is 0. The second-order valence-corrected chi connectivity index (χ2v) is 0. The molecule has 0 aromatic rings. The number of halogens is 3. The Morgan fingerprint density at radius 3 is 0.444 bits per heavy atom.